The summed E-state index contributed by atoms with van der Waals surface area (Å²) in [6.45, 7) is 1.07. The van der Waals surface area contributed by atoms with Crippen LogP contribution in [-0.4, -0.2) is 6.54 Å². The standard InChI is InChI=1S/C11H20N2.2ClH/c12-13-7-11-4-8-1-9(5-11)3-10(2-8)6-11;;/h8-10,13H,1-7,12H2;2*1H. The summed E-state index contributed by atoms with van der Waals surface area (Å²) in [6, 6.07) is 0. The molecular weight excluding hydrogens is 231 g/mol. The van der Waals surface area contributed by atoms with Crippen LogP contribution >= 0.6 is 24.8 Å². The molecule has 0 amide bonds. The van der Waals surface area contributed by atoms with E-state index in [4.69, 9.17) is 5.84 Å². The topological polar surface area (TPSA) is 38.0 Å². The molecule has 2 nitrogen and oxygen atoms in total. The molecule has 4 rings (SSSR count). The Hall–Kier alpha value is 0.500. The van der Waals surface area contributed by atoms with Gasteiger partial charge in [0.05, 0.1) is 0 Å². The van der Waals surface area contributed by atoms with Gasteiger partial charge in [0.1, 0.15) is 0 Å². The Bertz CT molecular complexity index is 185. The van der Waals surface area contributed by atoms with Crippen LogP contribution in [0.15, 0.2) is 0 Å². The minimum atomic E-state index is 0. The van der Waals surface area contributed by atoms with Crippen molar-refractivity contribution in [2.24, 2.45) is 29.0 Å². The third kappa shape index (κ3) is 2.28. The largest absolute Gasteiger partial charge is 0.271 e. The van der Waals surface area contributed by atoms with E-state index in [1.54, 1.807) is 0 Å². The summed E-state index contributed by atoms with van der Waals surface area (Å²) in [7, 11) is 0. The van der Waals surface area contributed by atoms with E-state index in [0.717, 1.165) is 24.3 Å². The van der Waals surface area contributed by atoms with E-state index in [2.05, 4.69) is 5.43 Å². The first-order valence-corrected chi connectivity index (χ1v) is 5.73. The number of halogens is 2. The molecule has 0 aromatic carbocycles. The van der Waals surface area contributed by atoms with Gasteiger partial charge in [-0.15, -0.1) is 24.8 Å². The Balaban J connectivity index is 0.000000562. The molecule has 4 aliphatic rings. The third-order valence-electron chi connectivity index (χ3n) is 4.64. The maximum absolute atomic E-state index is 5.50. The van der Waals surface area contributed by atoms with Crippen LogP contribution < -0.4 is 11.3 Å². The van der Waals surface area contributed by atoms with Crippen LogP contribution in [0.2, 0.25) is 0 Å². The van der Waals surface area contributed by atoms with Crippen LogP contribution in [0.1, 0.15) is 38.5 Å². The van der Waals surface area contributed by atoms with Crippen LogP contribution in [0.5, 0.6) is 0 Å². The molecule has 15 heavy (non-hydrogen) atoms. The van der Waals surface area contributed by atoms with E-state index in [-0.39, 0.29) is 24.8 Å². The molecule has 4 fully saturated rings. The fraction of sp³-hybridized carbons (Fsp3) is 1.00. The molecule has 0 saturated heterocycles. The predicted molar refractivity (Wildman–Crippen MR) is 67.3 cm³/mol. The lowest BCUT2D eigenvalue weighted by Gasteiger charge is -2.56. The molecule has 0 atom stereocenters. The molecule has 3 N–H and O–H groups in total. The average Bonchev–Trinajstić information content (AvgIpc) is 2.00. The maximum atomic E-state index is 5.50. The van der Waals surface area contributed by atoms with Gasteiger partial charge >= 0.3 is 0 Å². The minimum absolute atomic E-state index is 0. The molecule has 90 valence electrons. The molecule has 0 aliphatic heterocycles. The lowest BCUT2D eigenvalue weighted by molar-refractivity contribution is -0.0512. The van der Waals surface area contributed by atoms with Crippen molar-refractivity contribution in [1.29, 1.82) is 0 Å². The number of hydrazine groups is 1. The molecule has 0 radical (unpaired) electrons. The van der Waals surface area contributed by atoms with Crippen molar-refractivity contribution in [3.05, 3.63) is 0 Å². The molecule has 0 spiro atoms. The highest BCUT2D eigenvalue weighted by molar-refractivity contribution is 5.85. The second kappa shape index (κ2) is 4.79. The van der Waals surface area contributed by atoms with Gasteiger partial charge in [0.15, 0.2) is 0 Å². The minimum Gasteiger partial charge on any atom is -0.271 e. The van der Waals surface area contributed by atoms with E-state index in [0.29, 0.717) is 5.41 Å². The number of nitrogens with one attached hydrogen (secondary N) is 1. The molecule has 0 unspecified atom stereocenters. The molecule has 4 bridgehead atoms. The van der Waals surface area contributed by atoms with Gasteiger partial charge in [0, 0.05) is 6.54 Å². The van der Waals surface area contributed by atoms with E-state index < -0.39 is 0 Å². The molecule has 0 aromatic rings. The van der Waals surface area contributed by atoms with Gasteiger partial charge < -0.3 is 0 Å². The summed E-state index contributed by atoms with van der Waals surface area (Å²) in [5, 5.41) is 0. The zero-order valence-corrected chi connectivity index (χ0v) is 10.7. The number of hydrogen-bond donors (Lipinski definition) is 2. The van der Waals surface area contributed by atoms with Crippen molar-refractivity contribution >= 4 is 24.8 Å². The molecular formula is C11H22Cl2N2. The van der Waals surface area contributed by atoms with E-state index in [9.17, 15) is 0 Å². The van der Waals surface area contributed by atoms with Crippen molar-refractivity contribution in [3.63, 3.8) is 0 Å². The molecule has 4 heteroatoms. The van der Waals surface area contributed by atoms with Crippen LogP contribution in [0.25, 0.3) is 0 Å². The summed E-state index contributed by atoms with van der Waals surface area (Å²) in [6.07, 6.45) is 8.98. The zero-order chi connectivity index (χ0) is 8.89. The number of nitrogens with two attached hydrogens (primary N) is 1. The highest BCUT2D eigenvalue weighted by Gasteiger charge is 2.50. The van der Waals surface area contributed by atoms with Crippen molar-refractivity contribution in [2.45, 2.75) is 38.5 Å². The Labute approximate surface area is 105 Å². The molecule has 4 aliphatic carbocycles. The van der Waals surface area contributed by atoms with Gasteiger partial charge in [-0.2, -0.15) is 0 Å². The fourth-order valence-electron chi connectivity index (χ4n) is 4.72. The highest BCUT2D eigenvalue weighted by Crippen LogP contribution is 2.59. The Morgan fingerprint density at radius 1 is 0.933 bits per heavy atom. The van der Waals surface area contributed by atoms with Crippen molar-refractivity contribution in [3.8, 4) is 0 Å². The normalized spacial score (nSPS) is 45.8. The van der Waals surface area contributed by atoms with Gasteiger partial charge in [0.2, 0.25) is 0 Å². The first-order valence-electron chi connectivity index (χ1n) is 5.73. The molecule has 4 saturated carbocycles. The van der Waals surface area contributed by atoms with Gasteiger partial charge in [-0.3, -0.25) is 11.3 Å². The van der Waals surface area contributed by atoms with Gasteiger partial charge in [-0.1, -0.05) is 0 Å². The van der Waals surface area contributed by atoms with Crippen LogP contribution in [-0.2, 0) is 0 Å². The summed E-state index contributed by atoms with van der Waals surface area (Å²) in [5.41, 5.74) is 3.54. The van der Waals surface area contributed by atoms with E-state index in [1.165, 1.54) is 38.5 Å². The Kier molecular flexibility index (Phi) is 4.33. The van der Waals surface area contributed by atoms with Crippen LogP contribution in [0.3, 0.4) is 0 Å². The maximum Gasteiger partial charge on any atom is 0.0154 e. The van der Waals surface area contributed by atoms with Gasteiger partial charge in [-0.05, 0) is 61.7 Å². The first kappa shape index (κ1) is 13.6. The van der Waals surface area contributed by atoms with Crippen LogP contribution in [0, 0.1) is 23.2 Å². The lowest BCUT2D eigenvalue weighted by atomic mass is 9.49. The number of hydrogen-bond acceptors (Lipinski definition) is 2. The third-order valence-corrected chi connectivity index (χ3v) is 4.64. The van der Waals surface area contributed by atoms with Crippen molar-refractivity contribution in [2.75, 3.05) is 6.54 Å². The Morgan fingerprint density at radius 2 is 1.33 bits per heavy atom. The molecule has 0 aromatic heterocycles. The van der Waals surface area contributed by atoms with Gasteiger partial charge in [0.25, 0.3) is 0 Å². The zero-order valence-electron chi connectivity index (χ0n) is 9.08. The fourth-order valence-corrected chi connectivity index (χ4v) is 4.72. The smallest absolute Gasteiger partial charge is 0.0154 e. The lowest BCUT2D eigenvalue weighted by Crippen LogP contribution is -2.51. The quantitative estimate of drug-likeness (QED) is 0.586. The first-order chi connectivity index (χ1) is 6.30. The molecule has 0 heterocycles. The van der Waals surface area contributed by atoms with E-state index in [1.807, 2.05) is 0 Å². The summed E-state index contributed by atoms with van der Waals surface area (Å²) >= 11 is 0. The second-order valence-electron chi connectivity index (χ2n) is 5.80. The van der Waals surface area contributed by atoms with Crippen molar-refractivity contribution < 1.29 is 0 Å². The van der Waals surface area contributed by atoms with E-state index >= 15 is 0 Å². The predicted octanol–water partition coefficient (Wildman–Crippen LogP) is 2.51. The highest BCUT2D eigenvalue weighted by atomic mass is 35.5. The number of rotatable bonds is 2. The van der Waals surface area contributed by atoms with Gasteiger partial charge in [-0.25, -0.2) is 0 Å². The average molecular weight is 253 g/mol. The summed E-state index contributed by atoms with van der Waals surface area (Å²) < 4.78 is 0. The monoisotopic (exact) mass is 252 g/mol. The van der Waals surface area contributed by atoms with Crippen LogP contribution in [0.4, 0.5) is 0 Å². The summed E-state index contributed by atoms with van der Waals surface area (Å²) in [4.78, 5) is 0. The van der Waals surface area contributed by atoms with Crippen molar-refractivity contribution in [1.82, 2.24) is 5.43 Å². The summed E-state index contributed by atoms with van der Waals surface area (Å²) in [5.74, 6) is 8.67. The Morgan fingerprint density at radius 3 is 1.67 bits per heavy atom. The SMILES string of the molecule is Cl.Cl.NNCC12CC3CC(CC(C3)C1)C2. The second-order valence-corrected chi connectivity index (χ2v) is 5.80.